The molecular weight excluding hydrogens is 474 g/mol. The van der Waals surface area contributed by atoms with Gasteiger partial charge in [-0.05, 0) is 86.2 Å². The fraction of sp³-hybridized carbons (Fsp3) is 0.370. The summed E-state index contributed by atoms with van der Waals surface area (Å²) in [6.07, 6.45) is 4.46. The summed E-state index contributed by atoms with van der Waals surface area (Å²) in [6, 6.07) is 12.9. The van der Waals surface area contributed by atoms with Crippen LogP contribution < -0.4 is 10.6 Å². The van der Waals surface area contributed by atoms with Crippen LogP contribution in [0.5, 0.6) is 0 Å². The molecule has 1 unspecified atom stereocenters. The fourth-order valence-corrected chi connectivity index (χ4v) is 4.92. The number of amides is 1. The monoisotopic (exact) mass is 507 g/mol. The van der Waals surface area contributed by atoms with Crippen LogP contribution in [-0.2, 0) is 24.0 Å². The number of benzene rings is 2. The molecule has 1 aliphatic rings. The molecule has 8 nitrogen and oxygen atoms in total. The van der Waals surface area contributed by atoms with E-state index in [9.17, 15) is 9.00 Å². The molecule has 3 aromatic rings. The number of hydrogen-bond donors (Lipinski definition) is 3. The van der Waals surface area contributed by atoms with Crippen LogP contribution in [0.1, 0.15) is 52.5 Å². The molecule has 0 radical (unpaired) electrons. The number of aromatic nitrogens is 2. The SMILES string of the molecule is CCc1cnc(Nc2cc(C)cc(C)c2)nc1CNC1CCN(C(=O)c2ccc(S(=O)O)cc2)CC1. The van der Waals surface area contributed by atoms with Gasteiger partial charge in [-0.15, -0.1) is 0 Å². The van der Waals surface area contributed by atoms with Crippen molar-refractivity contribution in [1.82, 2.24) is 20.2 Å². The number of aryl methyl sites for hydroxylation is 3. The summed E-state index contributed by atoms with van der Waals surface area (Å²) in [5, 5.41) is 6.96. The first kappa shape index (κ1) is 25.9. The molecule has 1 aromatic heterocycles. The Morgan fingerprint density at radius 2 is 1.78 bits per heavy atom. The van der Waals surface area contributed by atoms with E-state index in [0.717, 1.165) is 36.2 Å². The number of carbonyl (C=O) groups excluding carboxylic acids is 1. The lowest BCUT2D eigenvalue weighted by atomic mass is 10.0. The number of piperidine rings is 1. The van der Waals surface area contributed by atoms with Crippen molar-refractivity contribution >= 4 is 28.6 Å². The topological polar surface area (TPSA) is 107 Å². The van der Waals surface area contributed by atoms with E-state index in [1.165, 1.54) is 23.3 Å². The molecule has 4 rings (SSSR count). The molecule has 9 heteroatoms. The van der Waals surface area contributed by atoms with Gasteiger partial charge in [0.05, 0.1) is 10.6 Å². The number of nitrogens with one attached hydrogen (secondary N) is 2. The Balaban J connectivity index is 1.33. The van der Waals surface area contributed by atoms with Gasteiger partial charge in [0, 0.05) is 43.1 Å². The van der Waals surface area contributed by atoms with Crippen molar-refractivity contribution in [2.75, 3.05) is 18.4 Å². The maximum absolute atomic E-state index is 12.8. The van der Waals surface area contributed by atoms with Crippen molar-refractivity contribution in [3.8, 4) is 0 Å². The van der Waals surface area contributed by atoms with E-state index in [1.807, 2.05) is 11.1 Å². The summed E-state index contributed by atoms with van der Waals surface area (Å²) in [5.41, 5.74) is 5.99. The summed E-state index contributed by atoms with van der Waals surface area (Å²) in [6.45, 7) is 8.22. The zero-order chi connectivity index (χ0) is 25.7. The molecule has 0 spiro atoms. The minimum absolute atomic E-state index is 0.0464. The average molecular weight is 508 g/mol. The molecule has 1 saturated heterocycles. The molecule has 3 N–H and O–H groups in total. The van der Waals surface area contributed by atoms with Crippen LogP contribution in [0.3, 0.4) is 0 Å². The first-order valence-corrected chi connectivity index (χ1v) is 13.4. The molecule has 36 heavy (non-hydrogen) atoms. The van der Waals surface area contributed by atoms with E-state index in [-0.39, 0.29) is 10.8 Å². The first-order chi connectivity index (χ1) is 17.3. The first-order valence-electron chi connectivity index (χ1n) is 12.3. The molecular formula is C27H33N5O3S. The smallest absolute Gasteiger partial charge is 0.253 e. The molecule has 2 aromatic carbocycles. The second kappa shape index (κ2) is 11.7. The minimum atomic E-state index is -2.04. The maximum atomic E-state index is 12.8. The van der Waals surface area contributed by atoms with Gasteiger partial charge in [-0.25, -0.2) is 14.2 Å². The Hall–Kier alpha value is -3.14. The summed E-state index contributed by atoms with van der Waals surface area (Å²) in [4.78, 5) is 24.3. The van der Waals surface area contributed by atoms with Crippen LogP contribution in [0.4, 0.5) is 11.6 Å². The van der Waals surface area contributed by atoms with Crippen LogP contribution >= 0.6 is 0 Å². The van der Waals surface area contributed by atoms with Crippen LogP contribution in [0.25, 0.3) is 0 Å². The van der Waals surface area contributed by atoms with Gasteiger partial charge >= 0.3 is 0 Å². The molecule has 0 saturated carbocycles. The summed E-state index contributed by atoms with van der Waals surface area (Å²) in [5.74, 6) is 0.542. The number of likely N-dealkylation sites (tertiary alicyclic amines) is 1. The lowest BCUT2D eigenvalue weighted by Gasteiger charge is -2.32. The summed E-state index contributed by atoms with van der Waals surface area (Å²) < 4.78 is 20.3. The van der Waals surface area contributed by atoms with E-state index in [4.69, 9.17) is 9.54 Å². The average Bonchev–Trinajstić information content (AvgIpc) is 2.87. The molecule has 1 atom stereocenters. The van der Waals surface area contributed by atoms with Crippen molar-refractivity contribution in [2.24, 2.45) is 0 Å². The number of anilines is 2. The van der Waals surface area contributed by atoms with Gasteiger partial charge in [-0.2, -0.15) is 0 Å². The Bertz CT molecular complexity index is 1220. The third-order valence-electron chi connectivity index (χ3n) is 6.46. The quantitative estimate of drug-likeness (QED) is 0.389. The number of carbonyl (C=O) groups is 1. The Morgan fingerprint density at radius 3 is 2.39 bits per heavy atom. The highest BCUT2D eigenvalue weighted by Crippen LogP contribution is 2.20. The number of nitrogens with zero attached hydrogens (tertiary/aromatic N) is 3. The lowest BCUT2D eigenvalue weighted by molar-refractivity contribution is 0.0704. The van der Waals surface area contributed by atoms with Gasteiger partial charge in [0.15, 0.2) is 11.1 Å². The molecule has 0 bridgehead atoms. The highest BCUT2D eigenvalue weighted by molar-refractivity contribution is 7.79. The van der Waals surface area contributed by atoms with Gasteiger partial charge in [-0.1, -0.05) is 13.0 Å². The van der Waals surface area contributed by atoms with Gasteiger partial charge < -0.3 is 20.1 Å². The number of hydrogen-bond acceptors (Lipinski definition) is 6. The second-order valence-corrected chi connectivity index (χ2v) is 10.2. The van der Waals surface area contributed by atoms with E-state index in [0.29, 0.717) is 37.2 Å². The van der Waals surface area contributed by atoms with Crippen LogP contribution in [-0.4, -0.2) is 48.7 Å². The van der Waals surface area contributed by atoms with Gasteiger partial charge in [0.2, 0.25) is 5.95 Å². The molecule has 1 aliphatic heterocycles. The molecule has 190 valence electrons. The van der Waals surface area contributed by atoms with Crippen LogP contribution in [0.15, 0.2) is 53.6 Å². The fourth-order valence-electron chi connectivity index (χ4n) is 4.55. The van der Waals surface area contributed by atoms with Crippen molar-refractivity contribution in [3.05, 3.63) is 76.6 Å². The van der Waals surface area contributed by atoms with Gasteiger partial charge in [0.1, 0.15) is 0 Å². The zero-order valence-electron chi connectivity index (χ0n) is 21.0. The molecule has 1 amide bonds. The molecule has 2 heterocycles. The summed E-state index contributed by atoms with van der Waals surface area (Å²) in [7, 11) is 0. The Morgan fingerprint density at radius 1 is 1.11 bits per heavy atom. The minimum Gasteiger partial charge on any atom is -0.339 e. The molecule has 1 fully saturated rings. The van der Waals surface area contributed by atoms with Crippen molar-refractivity contribution in [3.63, 3.8) is 0 Å². The van der Waals surface area contributed by atoms with Crippen molar-refractivity contribution < 1.29 is 13.6 Å². The third-order valence-corrected chi connectivity index (χ3v) is 7.13. The van der Waals surface area contributed by atoms with Crippen LogP contribution in [0, 0.1) is 13.8 Å². The van der Waals surface area contributed by atoms with Crippen molar-refractivity contribution in [2.45, 2.75) is 57.5 Å². The normalized spacial score (nSPS) is 15.1. The highest BCUT2D eigenvalue weighted by Gasteiger charge is 2.24. The van der Waals surface area contributed by atoms with E-state index in [2.05, 4.69) is 54.6 Å². The third kappa shape index (κ3) is 6.54. The lowest BCUT2D eigenvalue weighted by Crippen LogP contribution is -2.44. The van der Waals surface area contributed by atoms with Gasteiger partial charge in [0.25, 0.3) is 5.91 Å². The summed E-state index contributed by atoms with van der Waals surface area (Å²) >= 11 is -2.04. The zero-order valence-corrected chi connectivity index (χ0v) is 21.8. The highest BCUT2D eigenvalue weighted by atomic mass is 32.2. The number of rotatable bonds is 8. The second-order valence-electron chi connectivity index (χ2n) is 9.24. The largest absolute Gasteiger partial charge is 0.339 e. The van der Waals surface area contributed by atoms with E-state index >= 15 is 0 Å². The van der Waals surface area contributed by atoms with E-state index in [1.54, 1.807) is 12.1 Å². The predicted molar refractivity (Wildman–Crippen MR) is 142 cm³/mol. The predicted octanol–water partition coefficient (Wildman–Crippen LogP) is 4.37. The Kier molecular flexibility index (Phi) is 8.45. The van der Waals surface area contributed by atoms with Crippen molar-refractivity contribution in [1.29, 1.82) is 0 Å². The molecule has 0 aliphatic carbocycles. The Labute approximate surface area is 214 Å². The van der Waals surface area contributed by atoms with E-state index < -0.39 is 11.1 Å². The van der Waals surface area contributed by atoms with Gasteiger partial charge in [-0.3, -0.25) is 4.79 Å². The standard InChI is InChI=1S/C27H33N5O3S/c1-4-20-16-29-27(30-23-14-18(2)13-19(3)15-23)31-25(20)17-28-22-9-11-32(12-10-22)26(33)21-5-7-24(8-6-21)36(34)35/h5-8,13-16,22,28H,4,9-12,17H2,1-3H3,(H,34,35)(H,29,30,31). The van der Waals surface area contributed by atoms with Crippen LogP contribution in [0.2, 0.25) is 0 Å². The maximum Gasteiger partial charge on any atom is 0.253 e.